The number of fused-ring (bicyclic) bond motifs is 4. The average molecular weight is 737 g/mol. The van der Waals surface area contributed by atoms with Crippen LogP contribution in [0.2, 0.25) is 0 Å². The predicted octanol–water partition coefficient (Wildman–Crippen LogP) is 13.5. The number of nitriles is 1. The first-order chi connectivity index (χ1) is 27.9. The number of nitrogens with zero attached hydrogens (tertiary/aromatic N) is 4. The highest BCUT2D eigenvalue weighted by atomic mass is 15.0. The van der Waals surface area contributed by atoms with Crippen molar-refractivity contribution in [1.82, 2.24) is 15.0 Å². The summed E-state index contributed by atoms with van der Waals surface area (Å²) in [7, 11) is 0. The van der Waals surface area contributed by atoms with Crippen LogP contribution in [-0.4, -0.2) is 15.0 Å². The minimum atomic E-state index is 0.313. The number of hydrogen-bond acceptors (Lipinski definition) is 4. The minimum Gasteiger partial charge on any atom is -0.208 e. The molecule has 0 spiro atoms. The van der Waals surface area contributed by atoms with Gasteiger partial charge in [0, 0.05) is 16.7 Å². The van der Waals surface area contributed by atoms with Gasteiger partial charge in [-0.2, -0.15) is 5.26 Å². The van der Waals surface area contributed by atoms with Crippen molar-refractivity contribution in [2.75, 3.05) is 0 Å². The monoisotopic (exact) mass is 736 g/mol. The van der Waals surface area contributed by atoms with Crippen molar-refractivity contribution >= 4 is 21.5 Å². The maximum Gasteiger partial charge on any atom is 0.164 e. The quantitative estimate of drug-likeness (QED) is 0.159. The normalized spacial score (nSPS) is 20.3. The smallest absolute Gasteiger partial charge is 0.164 e. The Hall–Kier alpha value is -6.44. The second kappa shape index (κ2) is 14.3. The van der Waals surface area contributed by atoms with Crippen LogP contribution in [0.3, 0.4) is 0 Å². The van der Waals surface area contributed by atoms with Gasteiger partial charge in [-0.25, -0.2) is 15.0 Å². The Bertz CT molecular complexity index is 2740. The summed E-state index contributed by atoms with van der Waals surface area (Å²) in [6.07, 6.45) is 6.75. The zero-order valence-corrected chi connectivity index (χ0v) is 32.5. The largest absolute Gasteiger partial charge is 0.208 e. The van der Waals surface area contributed by atoms with E-state index in [2.05, 4.69) is 117 Å². The van der Waals surface area contributed by atoms with Crippen LogP contribution < -0.4 is 0 Å². The van der Waals surface area contributed by atoms with Gasteiger partial charge in [0.2, 0.25) is 0 Å². The van der Waals surface area contributed by atoms with Gasteiger partial charge in [-0.05, 0) is 117 Å². The van der Waals surface area contributed by atoms with Gasteiger partial charge < -0.3 is 0 Å². The first-order valence-corrected chi connectivity index (χ1v) is 20.4. The van der Waals surface area contributed by atoms with Crippen molar-refractivity contribution in [1.29, 1.82) is 5.26 Å². The van der Waals surface area contributed by atoms with Crippen LogP contribution in [0, 0.1) is 29.1 Å². The van der Waals surface area contributed by atoms with E-state index in [0.29, 0.717) is 28.5 Å². The lowest BCUT2D eigenvalue weighted by atomic mass is 9.54. The fourth-order valence-corrected chi connectivity index (χ4v) is 10.7. The molecule has 8 aromatic rings. The molecule has 2 fully saturated rings. The molecule has 7 aromatic carbocycles. The molecule has 4 nitrogen and oxygen atoms in total. The summed E-state index contributed by atoms with van der Waals surface area (Å²) >= 11 is 0. The van der Waals surface area contributed by atoms with E-state index < -0.39 is 0 Å². The first-order valence-electron chi connectivity index (χ1n) is 20.4. The van der Waals surface area contributed by atoms with Crippen molar-refractivity contribution in [3.05, 3.63) is 163 Å². The van der Waals surface area contributed by atoms with Crippen LogP contribution >= 0.6 is 0 Å². The Morgan fingerprint density at radius 3 is 1.44 bits per heavy atom. The minimum absolute atomic E-state index is 0.313. The molecular weight excluding hydrogens is 693 g/mol. The van der Waals surface area contributed by atoms with Gasteiger partial charge in [0.1, 0.15) is 0 Å². The second-order valence-electron chi connectivity index (χ2n) is 16.8. The molecule has 0 aliphatic heterocycles. The van der Waals surface area contributed by atoms with E-state index in [-0.39, 0.29) is 0 Å². The van der Waals surface area contributed by atoms with Crippen LogP contribution in [0.1, 0.15) is 57.1 Å². The van der Waals surface area contributed by atoms with Crippen LogP contribution in [0.4, 0.5) is 0 Å². The predicted molar refractivity (Wildman–Crippen MR) is 233 cm³/mol. The van der Waals surface area contributed by atoms with Crippen LogP contribution in [-0.2, 0) is 5.41 Å². The summed E-state index contributed by atoms with van der Waals surface area (Å²) in [5, 5.41) is 14.6. The molecule has 10 rings (SSSR count). The topological polar surface area (TPSA) is 62.5 Å². The zero-order chi connectivity index (χ0) is 38.5. The van der Waals surface area contributed by atoms with Crippen LogP contribution in [0.25, 0.3) is 78.0 Å². The molecule has 0 amide bonds. The van der Waals surface area contributed by atoms with E-state index in [1.165, 1.54) is 75.9 Å². The van der Waals surface area contributed by atoms with Gasteiger partial charge in [-0.3, -0.25) is 0 Å². The first kappa shape index (κ1) is 35.0. The standard InChI is InChI=1S/C53H44N4/c1-34-27-37-28-35(2)31-53(30-34,32-37)43-25-23-39(24-26-43)49-46-17-8-6-15-44(46)48(45-16-7-9-18-47(45)49)38-19-21-41(22-20-38)51-55-50(40-12-4-3-5-13-40)56-52(57-51)42-14-10-11-36(29-42)33-54/h3-26,29,34-35,37H,27-28,30-32H2,1-2H3/t34-,35+,37-,53?. The van der Waals surface area contributed by atoms with Gasteiger partial charge in [-0.15, -0.1) is 0 Å². The Labute approximate surface area is 334 Å². The van der Waals surface area contributed by atoms with E-state index in [1.807, 2.05) is 48.5 Å². The van der Waals surface area contributed by atoms with Gasteiger partial charge in [0.15, 0.2) is 17.5 Å². The molecule has 4 heteroatoms. The van der Waals surface area contributed by atoms with E-state index in [4.69, 9.17) is 15.0 Å². The Kier molecular flexibility index (Phi) is 8.75. The summed E-state index contributed by atoms with van der Waals surface area (Å²) in [4.78, 5) is 14.8. The fraction of sp³-hybridized carbons (Fsp3) is 0.208. The van der Waals surface area contributed by atoms with E-state index in [0.717, 1.165) is 40.0 Å². The molecule has 2 saturated carbocycles. The van der Waals surface area contributed by atoms with Crippen molar-refractivity contribution in [2.24, 2.45) is 17.8 Å². The van der Waals surface area contributed by atoms with Crippen LogP contribution in [0.15, 0.2) is 152 Å². The lowest BCUT2D eigenvalue weighted by Crippen LogP contribution is -2.42. The summed E-state index contributed by atoms with van der Waals surface area (Å²) in [6, 6.07) is 55.8. The third kappa shape index (κ3) is 6.38. The fourth-order valence-electron chi connectivity index (χ4n) is 10.7. The maximum absolute atomic E-state index is 9.59. The molecule has 2 aliphatic rings. The molecule has 1 unspecified atom stereocenters. The number of hydrogen-bond donors (Lipinski definition) is 0. The summed E-state index contributed by atoms with van der Waals surface area (Å²) < 4.78 is 0. The SMILES string of the molecule is C[C@@H]1C[C@@H]2C[C@H](C)CC(c3ccc(-c4c5ccccc5c(-c5ccc(-c6nc(-c7ccccc7)nc(-c7cccc(C#N)c7)n6)cc5)c5ccccc45)cc3)(C1)C2. The average Bonchev–Trinajstić information content (AvgIpc) is 3.25. The molecule has 0 radical (unpaired) electrons. The molecule has 0 saturated heterocycles. The lowest BCUT2D eigenvalue weighted by Gasteiger charge is -2.50. The molecule has 4 atom stereocenters. The number of aromatic nitrogens is 3. The molecule has 276 valence electrons. The molecule has 2 bridgehead atoms. The highest BCUT2D eigenvalue weighted by Gasteiger charge is 2.45. The zero-order valence-electron chi connectivity index (χ0n) is 32.5. The van der Waals surface area contributed by atoms with E-state index >= 15 is 0 Å². The third-order valence-electron chi connectivity index (χ3n) is 12.7. The van der Waals surface area contributed by atoms with Gasteiger partial charge in [-0.1, -0.05) is 153 Å². The molecule has 0 N–H and O–H groups in total. The Morgan fingerprint density at radius 1 is 0.474 bits per heavy atom. The summed E-state index contributed by atoms with van der Waals surface area (Å²) in [5.74, 6) is 4.15. The molecule has 57 heavy (non-hydrogen) atoms. The van der Waals surface area contributed by atoms with Crippen molar-refractivity contribution in [3.8, 4) is 62.5 Å². The van der Waals surface area contributed by atoms with E-state index in [1.54, 1.807) is 6.07 Å². The Morgan fingerprint density at radius 2 is 0.912 bits per heavy atom. The number of rotatable bonds is 6. The van der Waals surface area contributed by atoms with Gasteiger partial charge >= 0.3 is 0 Å². The molecule has 2 aliphatic carbocycles. The van der Waals surface area contributed by atoms with E-state index in [9.17, 15) is 5.26 Å². The Balaban J connectivity index is 1.07. The van der Waals surface area contributed by atoms with Gasteiger partial charge in [0.25, 0.3) is 0 Å². The summed E-state index contributed by atoms with van der Waals surface area (Å²) in [5.41, 5.74) is 9.92. The van der Waals surface area contributed by atoms with Crippen molar-refractivity contribution < 1.29 is 0 Å². The third-order valence-corrected chi connectivity index (χ3v) is 12.7. The second-order valence-corrected chi connectivity index (χ2v) is 16.8. The van der Waals surface area contributed by atoms with Crippen LogP contribution in [0.5, 0.6) is 0 Å². The van der Waals surface area contributed by atoms with Crippen molar-refractivity contribution in [2.45, 2.75) is 51.4 Å². The maximum atomic E-state index is 9.59. The molecular formula is C53H44N4. The molecule has 1 aromatic heterocycles. The highest BCUT2D eigenvalue weighted by Crippen LogP contribution is 2.54. The lowest BCUT2D eigenvalue weighted by molar-refractivity contribution is 0.0780. The highest BCUT2D eigenvalue weighted by molar-refractivity contribution is 6.21. The molecule has 1 heterocycles. The number of benzene rings is 7. The summed E-state index contributed by atoms with van der Waals surface area (Å²) in [6.45, 7) is 4.95. The van der Waals surface area contributed by atoms with Crippen molar-refractivity contribution in [3.63, 3.8) is 0 Å². The van der Waals surface area contributed by atoms with Gasteiger partial charge in [0.05, 0.1) is 11.6 Å².